The van der Waals surface area contributed by atoms with Crippen molar-refractivity contribution >= 4 is 45.2 Å². The number of hydrogen-bond donors (Lipinski definition) is 0. The summed E-state index contributed by atoms with van der Waals surface area (Å²) in [5.41, 5.74) is 1.18. The first kappa shape index (κ1) is 17.5. The first-order valence-electron chi connectivity index (χ1n) is 9.15. The molecule has 0 atom stereocenters. The van der Waals surface area contributed by atoms with Gasteiger partial charge < -0.3 is 14.7 Å². The molecule has 2 fully saturated rings. The molecule has 3 heterocycles. The standard InChI is InChI=1S/C18H23ClN6S/c19-15-5-4-6-16(13-15)24-9-11-25(12-10-24)18-22-21-17(26-18)20-14-23-7-2-1-3-8-23/h4-6,13-14H,1-3,7-12H2. The Kier molecular flexibility index (Phi) is 5.55. The zero-order chi connectivity index (χ0) is 17.8. The maximum Gasteiger partial charge on any atom is 0.234 e. The molecule has 2 aliphatic heterocycles. The van der Waals surface area contributed by atoms with Crippen LogP contribution in [0.25, 0.3) is 0 Å². The quantitative estimate of drug-likeness (QED) is 0.589. The van der Waals surface area contributed by atoms with Crippen molar-refractivity contribution in [2.75, 3.05) is 49.1 Å². The monoisotopic (exact) mass is 390 g/mol. The average molecular weight is 391 g/mol. The van der Waals surface area contributed by atoms with E-state index in [1.165, 1.54) is 24.9 Å². The molecule has 0 spiro atoms. The molecule has 1 aromatic heterocycles. The van der Waals surface area contributed by atoms with Gasteiger partial charge in [0, 0.05) is 50.0 Å². The lowest BCUT2D eigenvalue weighted by atomic mass is 10.1. The lowest BCUT2D eigenvalue weighted by Crippen LogP contribution is -2.46. The number of likely N-dealkylation sites (tertiary alicyclic amines) is 1. The Bertz CT molecular complexity index is 750. The number of aromatic nitrogens is 2. The molecule has 2 saturated heterocycles. The third-order valence-corrected chi connectivity index (χ3v) is 5.98. The largest absolute Gasteiger partial charge is 0.368 e. The highest BCUT2D eigenvalue weighted by Gasteiger charge is 2.20. The molecule has 2 aliphatic rings. The number of piperazine rings is 1. The van der Waals surface area contributed by atoms with Gasteiger partial charge in [0.15, 0.2) is 0 Å². The van der Waals surface area contributed by atoms with Crippen molar-refractivity contribution in [2.24, 2.45) is 4.99 Å². The minimum absolute atomic E-state index is 0.739. The van der Waals surface area contributed by atoms with Gasteiger partial charge in [-0.05, 0) is 37.5 Å². The summed E-state index contributed by atoms with van der Waals surface area (Å²) in [6.07, 6.45) is 5.77. The summed E-state index contributed by atoms with van der Waals surface area (Å²) in [5, 5.41) is 11.1. The van der Waals surface area contributed by atoms with E-state index in [-0.39, 0.29) is 0 Å². The summed E-state index contributed by atoms with van der Waals surface area (Å²) in [5.74, 6) is 0. The van der Waals surface area contributed by atoms with E-state index in [9.17, 15) is 0 Å². The SMILES string of the molecule is Clc1cccc(N2CCN(c3nnc(N=CN4CCCCC4)s3)CC2)c1. The number of hydrogen-bond acceptors (Lipinski definition) is 6. The molecule has 138 valence electrons. The fraction of sp³-hybridized carbons (Fsp3) is 0.500. The summed E-state index contributed by atoms with van der Waals surface area (Å²) in [6.45, 7) is 5.95. The van der Waals surface area contributed by atoms with Gasteiger partial charge in [-0.1, -0.05) is 29.0 Å². The van der Waals surface area contributed by atoms with Gasteiger partial charge in [0.1, 0.15) is 0 Å². The van der Waals surface area contributed by atoms with E-state index in [4.69, 9.17) is 11.6 Å². The molecule has 0 bridgehead atoms. The number of nitrogens with zero attached hydrogens (tertiary/aromatic N) is 6. The molecule has 0 N–H and O–H groups in total. The van der Waals surface area contributed by atoms with Crippen LogP contribution in [0.4, 0.5) is 16.0 Å². The number of aliphatic imine (C=N–C) groups is 1. The topological polar surface area (TPSA) is 47.9 Å². The Morgan fingerprint density at radius 3 is 2.50 bits per heavy atom. The van der Waals surface area contributed by atoms with E-state index in [0.29, 0.717) is 0 Å². The van der Waals surface area contributed by atoms with Gasteiger partial charge in [0.25, 0.3) is 0 Å². The minimum Gasteiger partial charge on any atom is -0.368 e. The van der Waals surface area contributed by atoms with E-state index in [1.54, 1.807) is 11.3 Å². The number of rotatable bonds is 4. The van der Waals surface area contributed by atoms with Crippen molar-refractivity contribution in [3.63, 3.8) is 0 Å². The molecule has 2 aromatic rings. The molecule has 6 nitrogen and oxygen atoms in total. The van der Waals surface area contributed by atoms with Gasteiger partial charge in [-0.15, -0.1) is 10.2 Å². The van der Waals surface area contributed by atoms with Crippen LogP contribution >= 0.6 is 22.9 Å². The van der Waals surface area contributed by atoms with Gasteiger partial charge in [-0.25, -0.2) is 4.99 Å². The summed E-state index contributed by atoms with van der Waals surface area (Å²) in [6, 6.07) is 8.05. The van der Waals surface area contributed by atoms with E-state index >= 15 is 0 Å². The van der Waals surface area contributed by atoms with Crippen LogP contribution in [0.3, 0.4) is 0 Å². The van der Waals surface area contributed by atoms with Crippen LogP contribution in [0.2, 0.25) is 5.02 Å². The molecule has 0 aliphatic carbocycles. The van der Waals surface area contributed by atoms with Crippen molar-refractivity contribution in [2.45, 2.75) is 19.3 Å². The Balaban J connectivity index is 1.33. The van der Waals surface area contributed by atoms with E-state index < -0.39 is 0 Å². The van der Waals surface area contributed by atoms with Crippen molar-refractivity contribution in [3.05, 3.63) is 29.3 Å². The van der Waals surface area contributed by atoms with Gasteiger partial charge >= 0.3 is 0 Å². The molecule has 0 radical (unpaired) electrons. The van der Waals surface area contributed by atoms with Crippen molar-refractivity contribution in [1.29, 1.82) is 0 Å². The van der Waals surface area contributed by atoms with E-state index in [1.807, 2.05) is 24.5 Å². The fourth-order valence-corrected chi connectivity index (χ4v) is 4.30. The molecular weight excluding hydrogens is 368 g/mol. The van der Waals surface area contributed by atoms with Crippen LogP contribution in [0.15, 0.2) is 29.3 Å². The zero-order valence-electron chi connectivity index (χ0n) is 14.7. The zero-order valence-corrected chi connectivity index (χ0v) is 16.3. The van der Waals surface area contributed by atoms with Gasteiger partial charge in [0.05, 0.1) is 6.34 Å². The average Bonchev–Trinajstić information content (AvgIpc) is 3.16. The summed E-state index contributed by atoms with van der Waals surface area (Å²) < 4.78 is 0. The molecule has 26 heavy (non-hydrogen) atoms. The van der Waals surface area contributed by atoms with Gasteiger partial charge in [0.2, 0.25) is 10.3 Å². The number of anilines is 2. The molecule has 4 rings (SSSR count). The molecule has 8 heteroatoms. The Labute approximate surface area is 163 Å². The maximum absolute atomic E-state index is 6.11. The van der Waals surface area contributed by atoms with Crippen LogP contribution in [-0.4, -0.2) is 60.7 Å². The van der Waals surface area contributed by atoms with Crippen LogP contribution in [0.5, 0.6) is 0 Å². The predicted molar refractivity (Wildman–Crippen MR) is 109 cm³/mol. The summed E-state index contributed by atoms with van der Waals surface area (Å²) >= 11 is 7.67. The second kappa shape index (κ2) is 8.22. The first-order chi connectivity index (χ1) is 12.8. The van der Waals surface area contributed by atoms with Crippen molar-refractivity contribution in [3.8, 4) is 0 Å². The highest BCUT2D eigenvalue weighted by Crippen LogP contribution is 2.28. The van der Waals surface area contributed by atoms with Crippen molar-refractivity contribution in [1.82, 2.24) is 15.1 Å². The maximum atomic E-state index is 6.11. The van der Waals surface area contributed by atoms with Crippen molar-refractivity contribution < 1.29 is 0 Å². The highest BCUT2D eigenvalue weighted by atomic mass is 35.5. The lowest BCUT2D eigenvalue weighted by Gasteiger charge is -2.35. The Morgan fingerprint density at radius 2 is 1.73 bits per heavy atom. The molecule has 0 amide bonds. The third-order valence-electron chi connectivity index (χ3n) is 4.85. The molecule has 0 saturated carbocycles. The van der Waals surface area contributed by atoms with E-state index in [2.05, 4.69) is 36.0 Å². The molecule has 0 unspecified atom stereocenters. The second-order valence-corrected chi connectivity index (χ2v) is 8.03. The number of piperidine rings is 1. The predicted octanol–water partition coefficient (Wildman–Crippen LogP) is 3.66. The number of halogens is 1. The molecule has 1 aromatic carbocycles. The van der Waals surface area contributed by atoms with Crippen LogP contribution < -0.4 is 9.80 Å². The summed E-state index contributed by atoms with van der Waals surface area (Å²) in [7, 11) is 0. The smallest absolute Gasteiger partial charge is 0.234 e. The molecular formula is C18H23ClN6S. The van der Waals surface area contributed by atoms with Crippen LogP contribution in [0, 0.1) is 0 Å². The summed E-state index contributed by atoms with van der Waals surface area (Å²) in [4.78, 5) is 11.4. The van der Waals surface area contributed by atoms with Crippen LogP contribution in [-0.2, 0) is 0 Å². The Morgan fingerprint density at radius 1 is 0.962 bits per heavy atom. The second-order valence-electron chi connectivity index (χ2n) is 6.66. The highest BCUT2D eigenvalue weighted by molar-refractivity contribution is 7.18. The number of benzene rings is 1. The lowest BCUT2D eigenvalue weighted by molar-refractivity contribution is 0.351. The third kappa shape index (κ3) is 4.27. The van der Waals surface area contributed by atoms with Gasteiger partial charge in [-0.3, -0.25) is 0 Å². The van der Waals surface area contributed by atoms with Gasteiger partial charge in [-0.2, -0.15) is 0 Å². The normalized spacial score (nSPS) is 18.7. The van der Waals surface area contributed by atoms with Crippen LogP contribution in [0.1, 0.15) is 19.3 Å². The first-order valence-corrected chi connectivity index (χ1v) is 10.3. The fourth-order valence-electron chi connectivity index (χ4n) is 3.38. The van der Waals surface area contributed by atoms with E-state index in [0.717, 1.165) is 54.6 Å². The minimum atomic E-state index is 0.739. The Hall–Kier alpha value is -1.86.